The minimum atomic E-state index is -0.278. The van der Waals surface area contributed by atoms with Gasteiger partial charge in [0.1, 0.15) is 5.78 Å². The first kappa shape index (κ1) is 12.1. The normalized spacial score (nSPS) is 37.6. The SMILES string of the molecule is CCCCC(=O)[C@H]1[C@@H](OC)O[C@H]2CCC[C@@H]12. The first-order valence-electron chi connectivity index (χ1n) is 6.49. The second-order valence-electron chi connectivity index (χ2n) is 4.97. The minimum absolute atomic E-state index is 0.00375. The molecule has 3 heteroatoms. The Morgan fingerprint density at radius 1 is 1.44 bits per heavy atom. The molecule has 92 valence electrons. The molecule has 0 bridgehead atoms. The van der Waals surface area contributed by atoms with Crippen molar-refractivity contribution in [1.29, 1.82) is 0 Å². The third-order valence-electron chi connectivity index (χ3n) is 3.95. The van der Waals surface area contributed by atoms with Crippen LogP contribution in [-0.4, -0.2) is 25.3 Å². The Morgan fingerprint density at radius 3 is 2.94 bits per heavy atom. The van der Waals surface area contributed by atoms with E-state index in [4.69, 9.17) is 9.47 Å². The van der Waals surface area contributed by atoms with Crippen molar-refractivity contribution in [2.24, 2.45) is 11.8 Å². The lowest BCUT2D eigenvalue weighted by atomic mass is 9.86. The summed E-state index contributed by atoms with van der Waals surface area (Å²) in [6.45, 7) is 2.12. The van der Waals surface area contributed by atoms with Gasteiger partial charge in [0, 0.05) is 13.5 Å². The average Bonchev–Trinajstić information content (AvgIpc) is 2.84. The fraction of sp³-hybridized carbons (Fsp3) is 0.923. The van der Waals surface area contributed by atoms with E-state index in [9.17, 15) is 4.79 Å². The molecule has 1 saturated heterocycles. The highest BCUT2D eigenvalue weighted by molar-refractivity contribution is 5.82. The Bertz CT molecular complexity index is 252. The molecular formula is C13H22O3. The van der Waals surface area contributed by atoms with Gasteiger partial charge in [0.15, 0.2) is 6.29 Å². The highest BCUT2D eigenvalue weighted by Gasteiger charge is 2.49. The quantitative estimate of drug-likeness (QED) is 0.722. The molecule has 0 unspecified atom stereocenters. The van der Waals surface area contributed by atoms with Crippen LogP contribution in [0.15, 0.2) is 0 Å². The second kappa shape index (κ2) is 5.28. The van der Waals surface area contributed by atoms with Crippen LogP contribution in [0.25, 0.3) is 0 Å². The molecule has 0 amide bonds. The van der Waals surface area contributed by atoms with Crippen molar-refractivity contribution in [2.45, 2.75) is 57.8 Å². The second-order valence-corrected chi connectivity index (χ2v) is 4.97. The van der Waals surface area contributed by atoms with Crippen LogP contribution >= 0.6 is 0 Å². The van der Waals surface area contributed by atoms with Crippen molar-refractivity contribution >= 4 is 5.78 Å². The highest BCUT2D eigenvalue weighted by atomic mass is 16.7. The van der Waals surface area contributed by atoms with Gasteiger partial charge in [-0.25, -0.2) is 0 Å². The van der Waals surface area contributed by atoms with Crippen LogP contribution in [0.1, 0.15) is 45.4 Å². The maximum atomic E-state index is 12.2. The van der Waals surface area contributed by atoms with Gasteiger partial charge in [0.05, 0.1) is 12.0 Å². The van der Waals surface area contributed by atoms with Gasteiger partial charge in [-0.2, -0.15) is 0 Å². The van der Waals surface area contributed by atoms with E-state index in [1.54, 1.807) is 7.11 Å². The number of carbonyl (C=O) groups is 1. The van der Waals surface area contributed by atoms with Gasteiger partial charge in [-0.3, -0.25) is 4.79 Å². The smallest absolute Gasteiger partial charge is 0.167 e. The van der Waals surface area contributed by atoms with E-state index in [-0.39, 0.29) is 18.3 Å². The Balaban J connectivity index is 2.01. The van der Waals surface area contributed by atoms with E-state index in [1.165, 1.54) is 6.42 Å². The van der Waals surface area contributed by atoms with E-state index in [0.29, 0.717) is 18.1 Å². The van der Waals surface area contributed by atoms with E-state index >= 15 is 0 Å². The number of ether oxygens (including phenoxy) is 2. The molecule has 0 aromatic heterocycles. The molecule has 2 aliphatic rings. The Morgan fingerprint density at radius 2 is 2.25 bits per heavy atom. The molecule has 1 saturated carbocycles. The molecule has 4 atom stereocenters. The van der Waals surface area contributed by atoms with E-state index in [2.05, 4.69) is 6.92 Å². The van der Waals surface area contributed by atoms with Crippen LogP contribution in [0.4, 0.5) is 0 Å². The van der Waals surface area contributed by atoms with Crippen LogP contribution in [0.3, 0.4) is 0 Å². The van der Waals surface area contributed by atoms with Crippen molar-refractivity contribution in [3.8, 4) is 0 Å². The molecule has 2 rings (SSSR count). The Labute approximate surface area is 97.5 Å². The molecule has 3 nitrogen and oxygen atoms in total. The van der Waals surface area contributed by atoms with Gasteiger partial charge in [-0.05, 0) is 25.2 Å². The largest absolute Gasteiger partial charge is 0.355 e. The molecular weight excluding hydrogens is 204 g/mol. The van der Waals surface area contributed by atoms with Gasteiger partial charge in [0.25, 0.3) is 0 Å². The maximum absolute atomic E-state index is 12.2. The molecule has 0 spiro atoms. The Kier molecular flexibility index (Phi) is 3.98. The third kappa shape index (κ3) is 2.16. The topological polar surface area (TPSA) is 35.5 Å². The molecule has 1 aliphatic carbocycles. The summed E-state index contributed by atoms with van der Waals surface area (Å²) in [5.41, 5.74) is 0. The molecule has 0 N–H and O–H groups in total. The van der Waals surface area contributed by atoms with Gasteiger partial charge >= 0.3 is 0 Å². The predicted molar refractivity (Wildman–Crippen MR) is 61.0 cm³/mol. The summed E-state index contributed by atoms with van der Waals surface area (Å²) in [7, 11) is 1.64. The lowest BCUT2D eigenvalue weighted by Gasteiger charge is -2.19. The van der Waals surface area contributed by atoms with Crippen LogP contribution in [0, 0.1) is 11.8 Å². The fourth-order valence-corrected chi connectivity index (χ4v) is 3.10. The molecule has 2 fully saturated rings. The van der Waals surface area contributed by atoms with Crippen molar-refractivity contribution in [3.05, 3.63) is 0 Å². The average molecular weight is 226 g/mol. The van der Waals surface area contributed by atoms with Crippen molar-refractivity contribution in [1.82, 2.24) is 0 Å². The predicted octanol–water partition coefficient (Wildman–Crippen LogP) is 2.53. The third-order valence-corrected chi connectivity index (χ3v) is 3.95. The van der Waals surface area contributed by atoms with Crippen LogP contribution in [-0.2, 0) is 14.3 Å². The number of ketones is 1. The van der Waals surface area contributed by atoms with E-state index in [1.807, 2.05) is 0 Å². The summed E-state index contributed by atoms with van der Waals surface area (Å²) in [6, 6.07) is 0. The zero-order valence-electron chi connectivity index (χ0n) is 10.3. The number of fused-ring (bicyclic) bond motifs is 1. The highest BCUT2D eigenvalue weighted by Crippen LogP contribution is 2.44. The Hall–Kier alpha value is -0.410. The molecule has 0 aromatic rings. The standard InChI is InChI=1S/C13H22O3/c1-3-4-7-10(14)12-9-6-5-8-11(9)16-13(12)15-2/h9,11-13H,3-8H2,1-2H3/t9-,11+,12+,13+/m1/s1. The first-order chi connectivity index (χ1) is 7.77. The molecule has 16 heavy (non-hydrogen) atoms. The zero-order chi connectivity index (χ0) is 11.5. The van der Waals surface area contributed by atoms with E-state index < -0.39 is 0 Å². The molecule has 1 aliphatic heterocycles. The number of methoxy groups -OCH3 is 1. The summed E-state index contributed by atoms with van der Waals surface area (Å²) < 4.78 is 11.1. The first-order valence-corrected chi connectivity index (χ1v) is 6.49. The maximum Gasteiger partial charge on any atom is 0.167 e. The molecule has 0 aromatic carbocycles. The van der Waals surface area contributed by atoms with Gasteiger partial charge in [-0.1, -0.05) is 19.8 Å². The van der Waals surface area contributed by atoms with Crippen molar-refractivity contribution < 1.29 is 14.3 Å². The monoisotopic (exact) mass is 226 g/mol. The van der Waals surface area contributed by atoms with Crippen molar-refractivity contribution in [2.75, 3.05) is 7.11 Å². The van der Waals surface area contributed by atoms with E-state index in [0.717, 1.165) is 25.7 Å². The number of carbonyl (C=O) groups excluding carboxylic acids is 1. The summed E-state index contributed by atoms with van der Waals surface area (Å²) >= 11 is 0. The van der Waals surface area contributed by atoms with Gasteiger partial charge in [0.2, 0.25) is 0 Å². The van der Waals surface area contributed by atoms with Crippen LogP contribution < -0.4 is 0 Å². The van der Waals surface area contributed by atoms with Gasteiger partial charge in [-0.15, -0.1) is 0 Å². The number of unbranched alkanes of at least 4 members (excludes halogenated alkanes) is 1. The minimum Gasteiger partial charge on any atom is -0.355 e. The lowest BCUT2D eigenvalue weighted by molar-refractivity contribution is -0.149. The molecule has 0 radical (unpaired) electrons. The number of hydrogen-bond donors (Lipinski definition) is 0. The van der Waals surface area contributed by atoms with Crippen LogP contribution in [0.2, 0.25) is 0 Å². The zero-order valence-corrected chi connectivity index (χ0v) is 10.3. The summed E-state index contributed by atoms with van der Waals surface area (Å²) in [5.74, 6) is 0.779. The summed E-state index contributed by atoms with van der Waals surface area (Å²) in [5, 5.41) is 0. The van der Waals surface area contributed by atoms with Crippen LogP contribution in [0.5, 0.6) is 0 Å². The lowest BCUT2D eigenvalue weighted by Crippen LogP contribution is -2.30. The number of Topliss-reactive ketones (excluding diaryl/α,β-unsaturated/α-hetero) is 1. The fourth-order valence-electron chi connectivity index (χ4n) is 3.10. The molecule has 1 heterocycles. The van der Waals surface area contributed by atoms with Gasteiger partial charge < -0.3 is 9.47 Å². The summed E-state index contributed by atoms with van der Waals surface area (Å²) in [4.78, 5) is 12.2. The number of hydrogen-bond acceptors (Lipinski definition) is 3. The summed E-state index contributed by atoms with van der Waals surface area (Å²) in [6.07, 6.45) is 6.18. The van der Waals surface area contributed by atoms with Crippen molar-refractivity contribution in [3.63, 3.8) is 0 Å². The number of rotatable bonds is 5.